The molecule has 1 saturated heterocycles. The minimum atomic E-state index is 0.368. The number of ether oxygens (including phenoxy) is 1. The van der Waals surface area contributed by atoms with Gasteiger partial charge in [0.1, 0.15) is 0 Å². The van der Waals surface area contributed by atoms with Crippen LogP contribution >= 0.6 is 0 Å². The predicted molar refractivity (Wildman–Crippen MR) is 171 cm³/mol. The summed E-state index contributed by atoms with van der Waals surface area (Å²) in [5.74, 6) is 0.894. The molecule has 0 aliphatic carbocycles. The number of hydrogen-bond donors (Lipinski definition) is 1. The highest BCUT2D eigenvalue weighted by Gasteiger charge is 2.08. The molecule has 1 heterocycles. The zero-order valence-corrected chi connectivity index (χ0v) is 26.5. The van der Waals surface area contributed by atoms with E-state index in [1.807, 2.05) is 0 Å². The van der Waals surface area contributed by atoms with E-state index < -0.39 is 0 Å². The fourth-order valence-corrected chi connectivity index (χ4v) is 5.41. The average Bonchev–Trinajstić information content (AvgIpc) is 3.81. The van der Waals surface area contributed by atoms with Crippen molar-refractivity contribution in [1.82, 2.24) is 0 Å². The summed E-state index contributed by atoms with van der Waals surface area (Å²) in [7, 11) is 0. The average molecular weight is 537 g/mol. The largest absolute Gasteiger partial charge is 0.396 e. The van der Waals surface area contributed by atoms with Gasteiger partial charge >= 0.3 is 0 Å². The van der Waals surface area contributed by atoms with Crippen molar-refractivity contribution in [2.75, 3.05) is 19.8 Å². The molecule has 0 aromatic heterocycles. The predicted octanol–water partition coefficient (Wildman–Crippen LogP) is 12.1. The first-order chi connectivity index (χ1) is 18.8. The van der Waals surface area contributed by atoms with Gasteiger partial charge in [-0.3, -0.25) is 0 Å². The first-order valence-electron chi connectivity index (χ1n) is 17.7. The van der Waals surface area contributed by atoms with Crippen molar-refractivity contribution in [3.63, 3.8) is 0 Å². The molecular formula is C36H72O2. The number of epoxide rings is 1. The molecule has 1 unspecified atom stereocenters. The Labute approximate surface area is 241 Å². The van der Waals surface area contributed by atoms with E-state index in [0.717, 1.165) is 25.6 Å². The Bertz CT molecular complexity index is 428. The molecule has 0 aromatic carbocycles. The fraction of sp³-hybridized carbons (Fsp3) is 0.944. The molecule has 0 bridgehead atoms. The summed E-state index contributed by atoms with van der Waals surface area (Å²) in [5.41, 5.74) is 0. The zero-order valence-electron chi connectivity index (χ0n) is 26.5. The third-order valence-corrected chi connectivity index (χ3v) is 8.06. The van der Waals surface area contributed by atoms with Crippen LogP contribution in [0.1, 0.15) is 194 Å². The first-order valence-corrected chi connectivity index (χ1v) is 17.7. The third-order valence-electron chi connectivity index (χ3n) is 8.06. The lowest BCUT2D eigenvalue weighted by Crippen LogP contribution is -2.02. The summed E-state index contributed by atoms with van der Waals surface area (Å²) in [6.45, 7) is 6.96. The van der Waals surface area contributed by atoms with E-state index >= 15 is 0 Å². The normalized spacial score (nSPS) is 13.6. The topological polar surface area (TPSA) is 32.8 Å². The lowest BCUT2D eigenvalue weighted by atomic mass is 9.90. The molecule has 1 N–H and O–H groups in total. The van der Waals surface area contributed by atoms with Crippen LogP contribution in [0.3, 0.4) is 0 Å². The van der Waals surface area contributed by atoms with Gasteiger partial charge in [0.25, 0.3) is 0 Å². The standard InChI is InChI=1S/C34H68O.C2H4O/c1-3-5-7-9-11-13-15-16-17-19-21-23-25-27-31-34(32-28-29-33-35)30-26-24-22-20-18-14-12-10-8-6-4-2;1-2-3-1/h20,22,34-35H,3-19,21,23-33H2,1-2H3;1-2H2/b22-20-;. The lowest BCUT2D eigenvalue weighted by molar-refractivity contribution is 0.273. The van der Waals surface area contributed by atoms with Crippen molar-refractivity contribution in [3.05, 3.63) is 12.2 Å². The number of aliphatic hydroxyl groups is 1. The molecule has 1 fully saturated rings. The lowest BCUT2D eigenvalue weighted by Gasteiger charge is -2.16. The van der Waals surface area contributed by atoms with E-state index in [2.05, 4.69) is 30.7 Å². The molecule has 1 aliphatic heterocycles. The highest BCUT2D eigenvalue weighted by atomic mass is 16.6. The minimum absolute atomic E-state index is 0.368. The summed E-state index contributed by atoms with van der Waals surface area (Å²) in [6.07, 6.45) is 43.8. The van der Waals surface area contributed by atoms with Gasteiger partial charge < -0.3 is 9.84 Å². The quantitative estimate of drug-likeness (QED) is 0.0562. The summed E-state index contributed by atoms with van der Waals surface area (Å²) in [6, 6.07) is 0. The summed E-state index contributed by atoms with van der Waals surface area (Å²) in [5, 5.41) is 9.16. The number of hydrogen-bond acceptors (Lipinski definition) is 2. The molecule has 2 heteroatoms. The Morgan fingerprint density at radius 1 is 0.474 bits per heavy atom. The van der Waals surface area contributed by atoms with Gasteiger partial charge in [0.2, 0.25) is 0 Å². The van der Waals surface area contributed by atoms with Gasteiger partial charge in [-0.15, -0.1) is 0 Å². The maximum absolute atomic E-state index is 9.16. The number of unbranched alkanes of at least 4 members (excludes halogenated alkanes) is 21. The first kappa shape index (κ1) is 37.7. The number of allylic oxidation sites excluding steroid dienone is 2. The molecule has 2 nitrogen and oxygen atoms in total. The van der Waals surface area contributed by atoms with E-state index in [9.17, 15) is 0 Å². The number of aliphatic hydroxyl groups excluding tert-OH is 1. The summed E-state index contributed by atoms with van der Waals surface area (Å²) in [4.78, 5) is 0. The SMILES string of the molecule is C1CO1.CCCCCCCC/C=C\CCCC(CCCCO)CCCCCCCCCCCCCCCC. The molecule has 0 amide bonds. The fourth-order valence-electron chi connectivity index (χ4n) is 5.41. The van der Waals surface area contributed by atoms with E-state index in [-0.39, 0.29) is 0 Å². The molecular weight excluding hydrogens is 464 g/mol. The van der Waals surface area contributed by atoms with Crippen molar-refractivity contribution in [1.29, 1.82) is 0 Å². The van der Waals surface area contributed by atoms with Crippen LogP contribution in [0.2, 0.25) is 0 Å². The Hall–Kier alpha value is -0.340. The van der Waals surface area contributed by atoms with Crippen LogP contribution in [0, 0.1) is 5.92 Å². The van der Waals surface area contributed by atoms with E-state index in [1.54, 1.807) is 0 Å². The molecule has 0 saturated carbocycles. The van der Waals surface area contributed by atoms with Gasteiger partial charge in [-0.05, 0) is 38.0 Å². The van der Waals surface area contributed by atoms with Crippen LogP contribution in [0.5, 0.6) is 0 Å². The van der Waals surface area contributed by atoms with Gasteiger partial charge in [-0.25, -0.2) is 0 Å². The van der Waals surface area contributed by atoms with Gasteiger partial charge in [0.05, 0.1) is 13.2 Å². The van der Waals surface area contributed by atoms with E-state index in [4.69, 9.17) is 5.11 Å². The Morgan fingerprint density at radius 3 is 1.24 bits per heavy atom. The number of rotatable bonds is 30. The van der Waals surface area contributed by atoms with Crippen molar-refractivity contribution in [2.45, 2.75) is 194 Å². The maximum Gasteiger partial charge on any atom is 0.0701 e. The van der Waals surface area contributed by atoms with E-state index in [0.29, 0.717) is 6.61 Å². The molecule has 38 heavy (non-hydrogen) atoms. The van der Waals surface area contributed by atoms with Crippen LogP contribution < -0.4 is 0 Å². The molecule has 0 aromatic rings. The van der Waals surface area contributed by atoms with Crippen molar-refractivity contribution >= 4 is 0 Å². The smallest absolute Gasteiger partial charge is 0.0701 e. The third kappa shape index (κ3) is 35.7. The van der Waals surface area contributed by atoms with Crippen molar-refractivity contribution in [2.24, 2.45) is 5.92 Å². The van der Waals surface area contributed by atoms with Crippen molar-refractivity contribution in [3.8, 4) is 0 Å². The van der Waals surface area contributed by atoms with Crippen LogP contribution in [-0.2, 0) is 4.74 Å². The molecule has 1 aliphatic rings. The van der Waals surface area contributed by atoms with Crippen LogP contribution in [-0.4, -0.2) is 24.9 Å². The Morgan fingerprint density at radius 2 is 0.816 bits per heavy atom. The van der Waals surface area contributed by atoms with Gasteiger partial charge in [-0.2, -0.15) is 0 Å². The highest BCUT2D eigenvalue weighted by Crippen LogP contribution is 2.23. The van der Waals surface area contributed by atoms with Gasteiger partial charge in [0, 0.05) is 6.61 Å². The summed E-state index contributed by atoms with van der Waals surface area (Å²) < 4.78 is 4.50. The maximum atomic E-state index is 9.16. The molecule has 228 valence electrons. The van der Waals surface area contributed by atoms with E-state index in [1.165, 1.54) is 173 Å². The Balaban J connectivity index is 0.00000423. The van der Waals surface area contributed by atoms with Crippen molar-refractivity contribution < 1.29 is 9.84 Å². The monoisotopic (exact) mass is 537 g/mol. The molecule has 1 atom stereocenters. The zero-order chi connectivity index (χ0) is 27.6. The Kier molecular flexibility index (Phi) is 34.4. The molecule has 0 spiro atoms. The van der Waals surface area contributed by atoms with Gasteiger partial charge in [0.15, 0.2) is 0 Å². The minimum Gasteiger partial charge on any atom is -0.396 e. The van der Waals surface area contributed by atoms with Crippen LogP contribution in [0.15, 0.2) is 12.2 Å². The second-order valence-electron chi connectivity index (χ2n) is 12.0. The highest BCUT2D eigenvalue weighted by molar-refractivity contribution is 4.81. The second kappa shape index (κ2) is 34.7. The molecule has 1 rings (SSSR count). The molecule has 0 radical (unpaired) electrons. The second-order valence-corrected chi connectivity index (χ2v) is 12.0. The summed E-state index contributed by atoms with van der Waals surface area (Å²) >= 11 is 0. The van der Waals surface area contributed by atoms with Crippen LogP contribution in [0.4, 0.5) is 0 Å². The van der Waals surface area contributed by atoms with Crippen LogP contribution in [0.25, 0.3) is 0 Å². The van der Waals surface area contributed by atoms with Gasteiger partial charge in [-0.1, -0.05) is 174 Å².